The minimum atomic E-state index is -6.09. The van der Waals surface area contributed by atoms with Gasteiger partial charge in [-0.1, -0.05) is 170 Å². The van der Waals surface area contributed by atoms with Crippen LogP contribution in [0.4, 0.5) is 52.7 Å². The molecule has 0 saturated carbocycles. The van der Waals surface area contributed by atoms with Crippen molar-refractivity contribution >= 4 is 115 Å². The largest absolute Gasteiger partial charge is 2.00 e. The van der Waals surface area contributed by atoms with Gasteiger partial charge in [-0.2, -0.15) is 62.9 Å². The summed E-state index contributed by atoms with van der Waals surface area (Å²) in [5.41, 5.74) is -13.4. The molecule has 6 heterocycles. The van der Waals surface area contributed by atoms with Gasteiger partial charge in [0.15, 0.2) is 40.5 Å². The zero-order valence-corrected chi connectivity index (χ0v) is 80.3. The van der Waals surface area contributed by atoms with Crippen molar-refractivity contribution in [1.29, 1.82) is 0 Å². The van der Waals surface area contributed by atoms with Crippen LogP contribution in [-0.4, -0.2) is 138 Å². The van der Waals surface area contributed by atoms with Gasteiger partial charge in [0.2, 0.25) is 0 Å². The standard InChI is InChI=1S/2C27H26P2.C24H20N6.C10H8N2.4CHF3O3S.2Pd/c2*1-5-14-24(15-6-1)28(25-16-7-2-8-17-25)22-13-23-29(26-18-9-3-10-19-26)27-20-11-4-12-21-27;1-2-20(16-30-18-24(14-28-30)22-7-11-26-12-8-22)4-3-19(1)15-29-17-23(13-27-29)21-5-9-25-10-6-21;1-5-11-6-2-9(1)10-3-7-12-8-4-10;4*2-1(3,4)8(5,6)7;;/h2*1-12,14-21H,13,22-23H2;1-14,17-18H,15-16H2;1-8H;4*(H,5,6,7);;/q;;;;;;;;2*+2. The Morgan fingerprint density at radius 3 is 0.537 bits per heavy atom. The van der Waals surface area contributed by atoms with Crippen LogP contribution >= 0.6 is 31.7 Å². The first-order valence-electron chi connectivity index (χ1n) is 39.3. The Balaban J connectivity index is 0.000000251. The molecule has 0 saturated heterocycles. The molecule has 20 nitrogen and oxygen atoms in total. The number of pyridine rings is 4. The third kappa shape index (κ3) is 38.9. The van der Waals surface area contributed by atoms with Crippen LogP contribution in [0.25, 0.3) is 33.4 Å². The Bertz CT molecular complexity index is 5570. The fourth-order valence-electron chi connectivity index (χ4n) is 12.3. The Hall–Kier alpha value is -10.2. The topological polar surface area (TPSA) is 316 Å². The first-order valence-corrected chi connectivity index (χ1v) is 51.8. The van der Waals surface area contributed by atoms with E-state index in [4.69, 9.17) is 51.9 Å². The molecule has 134 heavy (non-hydrogen) atoms. The van der Waals surface area contributed by atoms with E-state index in [9.17, 15) is 52.7 Å². The van der Waals surface area contributed by atoms with E-state index in [-0.39, 0.29) is 40.8 Å². The fraction of sp³-hybridized carbons (Fsp3) is 0.130. The number of hydrogen-bond donors (Lipinski definition) is 0. The molecular weight excluding hydrogens is 2100 g/mol. The predicted molar refractivity (Wildman–Crippen MR) is 497 cm³/mol. The van der Waals surface area contributed by atoms with Crippen LogP contribution in [0, 0.1) is 0 Å². The number of rotatable bonds is 23. The van der Waals surface area contributed by atoms with Crippen LogP contribution in [0.3, 0.4) is 0 Å². The average molecular weight is 2190 g/mol. The molecule has 708 valence electrons. The van der Waals surface area contributed by atoms with Crippen molar-refractivity contribution in [3.05, 3.63) is 401 Å². The second-order valence-corrected chi connectivity index (χ2v) is 43.7. The van der Waals surface area contributed by atoms with Crippen LogP contribution < -0.4 is 42.4 Å². The molecule has 42 heteroatoms. The van der Waals surface area contributed by atoms with Crippen molar-refractivity contribution in [3.8, 4) is 33.4 Å². The van der Waals surface area contributed by atoms with Gasteiger partial charge in [0.25, 0.3) is 0 Å². The van der Waals surface area contributed by atoms with E-state index in [0.29, 0.717) is 0 Å². The maximum Gasteiger partial charge on any atom is 2.00 e. The number of alkyl halides is 12. The van der Waals surface area contributed by atoms with Crippen molar-refractivity contribution in [2.75, 3.05) is 24.6 Å². The summed E-state index contributed by atoms with van der Waals surface area (Å²) in [5, 5.41) is 21.2. The molecule has 0 aliphatic rings. The van der Waals surface area contributed by atoms with E-state index < -0.39 is 94.2 Å². The molecule has 0 aliphatic carbocycles. The summed E-state index contributed by atoms with van der Waals surface area (Å²) < 4.78 is 240. The van der Waals surface area contributed by atoms with E-state index in [1.807, 2.05) is 70.3 Å². The van der Waals surface area contributed by atoms with Crippen LogP contribution in [0.2, 0.25) is 0 Å². The first kappa shape index (κ1) is 113. The Morgan fingerprint density at radius 2 is 0.388 bits per heavy atom. The van der Waals surface area contributed by atoms with Crippen molar-refractivity contribution in [3.63, 3.8) is 0 Å². The molecular formula is C92H84F12N8O12P4Pd2S4+4. The number of halogens is 12. The molecule has 0 N–H and O–H groups in total. The van der Waals surface area contributed by atoms with Gasteiger partial charge in [-0.05, 0) is 179 Å². The second kappa shape index (κ2) is 55.2. The van der Waals surface area contributed by atoms with Crippen LogP contribution in [0.5, 0.6) is 0 Å². The maximum atomic E-state index is 10.7. The molecule has 15 aromatic rings. The summed E-state index contributed by atoms with van der Waals surface area (Å²) in [4.78, 5) is 16.0. The van der Waals surface area contributed by atoms with E-state index in [2.05, 4.69) is 309 Å². The second-order valence-electron chi connectivity index (χ2n) is 27.8. The minimum Gasteiger partial charge on any atom is -0.741 e. The molecule has 0 atom stereocenters. The molecule has 0 amide bonds. The van der Waals surface area contributed by atoms with Crippen molar-refractivity contribution in [2.24, 2.45) is 0 Å². The molecule has 0 bridgehead atoms. The van der Waals surface area contributed by atoms with Gasteiger partial charge in [0.05, 0.1) is 124 Å². The quantitative estimate of drug-likeness (QED) is 0.0189. The van der Waals surface area contributed by atoms with Gasteiger partial charge in [-0.25, -0.2) is 33.7 Å². The van der Waals surface area contributed by atoms with E-state index in [0.717, 1.165) is 35.3 Å². The Kier molecular flexibility index (Phi) is 46.3. The number of nitrogens with zero attached hydrogens (tertiary/aromatic N) is 8. The number of benzene rings is 9. The monoisotopic (exact) mass is 2180 g/mol. The Labute approximate surface area is 800 Å². The minimum absolute atomic E-state index is 0. The van der Waals surface area contributed by atoms with Crippen LogP contribution in [0.15, 0.2) is 390 Å². The molecule has 0 unspecified atom stereocenters. The number of hydrogen-bond acceptors (Lipinski definition) is 18. The number of aromatic nitrogens is 8. The van der Waals surface area contributed by atoms with Gasteiger partial charge in [-0.3, -0.25) is 29.3 Å². The zero-order chi connectivity index (χ0) is 95.9. The zero-order valence-electron chi connectivity index (χ0n) is 69.9. The van der Waals surface area contributed by atoms with E-state index in [1.54, 1.807) is 49.6 Å². The van der Waals surface area contributed by atoms with Gasteiger partial charge < -0.3 is 18.2 Å². The molecule has 0 fully saturated rings. The van der Waals surface area contributed by atoms with E-state index in [1.165, 1.54) is 102 Å². The summed E-state index contributed by atoms with van der Waals surface area (Å²) in [7, 11) is -27.3. The molecule has 0 aliphatic heterocycles. The van der Waals surface area contributed by atoms with Crippen LogP contribution in [-0.2, 0) is 94.4 Å². The Morgan fingerprint density at radius 1 is 0.239 bits per heavy atom. The SMILES string of the molecule is O=S(=O)([O-])C(F)(F)F.O=S(=O)([O-])C(F)(F)F.O=S(=O)([O-])C(F)(F)F.O=S(=O)([O-])C(F)(F)F.[Pd+2].[Pd+2].c1cc(-c2ccncc2)ccn1.c1cc(-c2cnn(Cc3ccc(Cn4cc(-c5ccncc5)cn4)cc3)c2)ccn1.c1ccc([PH+](CCC[PH+](c2ccccc2)c2ccccc2)c2ccccc2)cc1.c1ccc([PH+](CCC[PH+](c2ccccc2)c2ccccc2)c2ccccc2)cc1. The molecule has 6 aromatic heterocycles. The van der Waals surface area contributed by atoms with Crippen molar-refractivity contribution in [1.82, 2.24) is 39.5 Å². The third-order valence-electron chi connectivity index (χ3n) is 18.5. The maximum absolute atomic E-state index is 10.7. The first-order chi connectivity index (χ1) is 62.6. The summed E-state index contributed by atoms with van der Waals surface area (Å²) in [6, 6.07) is 114. The van der Waals surface area contributed by atoms with Gasteiger partial charge in [0, 0.05) is 85.9 Å². The molecule has 0 spiro atoms. The summed E-state index contributed by atoms with van der Waals surface area (Å²) in [6.07, 6.45) is 29.9. The summed E-state index contributed by atoms with van der Waals surface area (Å²) >= 11 is 0. The fourth-order valence-corrected chi connectivity index (χ4v) is 23.5. The molecule has 15 rings (SSSR count). The van der Waals surface area contributed by atoms with Gasteiger partial charge in [0.1, 0.15) is 0 Å². The van der Waals surface area contributed by atoms with Crippen molar-refractivity contribution in [2.45, 2.75) is 48.0 Å². The molecule has 9 aromatic carbocycles. The van der Waals surface area contributed by atoms with Crippen molar-refractivity contribution < 1.29 is 145 Å². The van der Waals surface area contributed by atoms with E-state index >= 15 is 0 Å². The molecule has 0 radical (unpaired) electrons. The third-order valence-corrected chi connectivity index (χ3v) is 32.4. The average Bonchev–Trinajstić information content (AvgIpc) is 1.06. The summed E-state index contributed by atoms with van der Waals surface area (Å²) in [6.45, 7) is 1.47. The summed E-state index contributed by atoms with van der Waals surface area (Å²) in [5.74, 6) is 0. The van der Waals surface area contributed by atoms with Gasteiger partial charge >= 0.3 is 62.9 Å². The predicted octanol–water partition coefficient (Wildman–Crippen LogP) is 16.9. The van der Waals surface area contributed by atoms with Gasteiger partial charge in [-0.15, -0.1) is 0 Å². The smallest absolute Gasteiger partial charge is 0.741 e. The normalized spacial score (nSPS) is 11.5. The van der Waals surface area contributed by atoms with Crippen LogP contribution in [0.1, 0.15) is 24.0 Å².